The van der Waals surface area contributed by atoms with Crippen LogP contribution in [0.4, 0.5) is 0 Å². The van der Waals surface area contributed by atoms with Gasteiger partial charge in [0.05, 0.1) is 0 Å². The molecular weight excluding hydrogens is 162 g/mol. The molecule has 0 aromatic heterocycles. The molecule has 1 rings (SSSR count). The maximum absolute atomic E-state index is 8.96. The minimum atomic E-state index is 0.171. The minimum absolute atomic E-state index is 0.171. The van der Waals surface area contributed by atoms with Crippen molar-refractivity contribution in [2.75, 3.05) is 13.2 Å². The third-order valence-electron chi connectivity index (χ3n) is 2.24. The zero-order valence-corrected chi connectivity index (χ0v) is 8.03. The van der Waals surface area contributed by atoms with Gasteiger partial charge in [0.2, 0.25) is 0 Å². The van der Waals surface area contributed by atoms with Gasteiger partial charge in [-0.15, -0.1) is 0 Å². The van der Waals surface area contributed by atoms with E-state index in [0.717, 1.165) is 6.42 Å². The predicted octanol–water partition coefficient (Wildman–Crippen LogP) is 1.10. The van der Waals surface area contributed by atoms with Gasteiger partial charge in [0.25, 0.3) is 0 Å². The molecule has 0 radical (unpaired) electrons. The molecule has 0 heterocycles. The number of hydrogen-bond acceptors (Lipinski definition) is 2. The number of aliphatic hydroxyl groups is 1. The first-order valence-corrected chi connectivity index (χ1v) is 4.62. The molecule has 0 fully saturated rings. The van der Waals surface area contributed by atoms with Crippen molar-refractivity contribution in [2.45, 2.75) is 13.3 Å². The molecule has 3 N–H and O–H groups in total. The van der Waals surface area contributed by atoms with Gasteiger partial charge in [-0.3, -0.25) is 0 Å². The molecule has 2 heteroatoms. The summed E-state index contributed by atoms with van der Waals surface area (Å²) in [4.78, 5) is 0. The molecule has 72 valence electrons. The molecule has 0 aliphatic rings. The van der Waals surface area contributed by atoms with Gasteiger partial charge < -0.3 is 10.8 Å². The van der Waals surface area contributed by atoms with Gasteiger partial charge in [-0.1, -0.05) is 29.8 Å². The molecule has 0 saturated heterocycles. The Morgan fingerprint density at radius 2 is 1.92 bits per heavy atom. The third-order valence-corrected chi connectivity index (χ3v) is 2.24. The van der Waals surface area contributed by atoms with E-state index >= 15 is 0 Å². The van der Waals surface area contributed by atoms with E-state index in [4.69, 9.17) is 10.8 Å². The lowest BCUT2D eigenvalue weighted by Gasteiger charge is -2.10. The Kier molecular flexibility index (Phi) is 3.93. The summed E-state index contributed by atoms with van der Waals surface area (Å²) >= 11 is 0. The lowest BCUT2D eigenvalue weighted by Crippen LogP contribution is -2.20. The number of aryl methyl sites for hydroxylation is 1. The lowest BCUT2D eigenvalue weighted by molar-refractivity contribution is 0.230. The van der Waals surface area contributed by atoms with Crippen LogP contribution in [0.5, 0.6) is 0 Å². The van der Waals surface area contributed by atoms with Gasteiger partial charge in [-0.25, -0.2) is 0 Å². The van der Waals surface area contributed by atoms with Gasteiger partial charge >= 0.3 is 0 Å². The molecule has 13 heavy (non-hydrogen) atoms. The van der Waals surface area contributed by atoms with E-state index in [2.05, 4.69) is 31.2 Å². The standard InChI is InChI=1S/C11H17NO/c1-9-2-4-10(5-3-9)6-11(7-12)8-13/h2-5,11,13H,6-8,12H2,1H3/t11-/m1/s1. The summed E-state index contributed by atoms with van der Waals surface area (Å²) in [5.41, 5.74) is 8.01. The summed E-state index contributed by atoms with van der Waals surface area (Å²) in [6.07, 6.45) is 0.868. The number of rotatable bonds is 4. The van der Waals surface area contributed by atoms with Crippen molar-refractivity contribution in [1.29, 1.82) is 0 Å². The lowest BCUT2D eigenvalue weighted by atomic mass is 9.99. The number of aliphatic hydroxyl groups excluding tert-OH is 1. The maximum atomic E-state index is 8.96. The fourth-order valence-corrected chi connectivity index (χ4v) is 1.28. The summed E-state index contributed by atoms with van der Waals surface area (Å²) in [5.74, 6) is 0.197. The normalized spacial score (nSPS) is 12.8. The van der Waals surface area contributed by atoms with Crippen molar-refractivity contribution < 1.29 is 5.11 Å². The highest BCUT2D eigenvalue weighted by Crippen LogP contribution is 2.08. The maximum Gasteiger partial charge on any atom is 0.0474 e. The van der Waals surface area contributed by atoms with Crippen LogP contribution in [0.25, 0.3) is 0 Å². The van der Waals surface area contributed by atoms with Gasteiger partial charge in [0.1, 0.15) is 0 Å². The molecule has 1 aromatic carbocycles. The quantitative estimate of drug-likeness (QED) is 0.727. The first-order valence-electron chi connectivity index (χ1n) is 4.62. The fourth-order valence-electron chi connectivity index (χ4n) is 1.28. The Hall–Kier alpha value is -0.860. The van der Waals surface area contributed by atoms with Crippen LogP contribution in [0.3, 0.4) is 0 Å². The molecule has 0 aliphatic heterocycles. The number of nitrogens with two attached hydrogens (primary N) is 1. The van der Waals surface area contributed by atoms with Crippen LogP contribution < -0.4 is 5.73 Å². The average Bonchev–Trinajstić information content (AvgIpc) is 2.17. The van der Waals surface area contributed by atoms with Crippen LogP contribution in [0.15, 0.2) is 24.3 Å². The van der Waals surface area contributed by atoms with Crippen LogP contribution in [-0.4, -0.2) is 18.3 Å². The summed E-state index contributed by atoms with van der Waals surface area (Å²) in [6, 6.07) is 8.35. The van der Waals surface area contributed by atoms with Crippen LogP contribution in [0, 0.1) is 12.8 Å². The Morgan fingerprint density at radius 3 is 2.38 bits per heavy atom. The molecular formula is C11H17NO. The molecule has 0 amide bonds. The monoisotopic (exact) mass is 179 g/mol. The molecule has 1 aromatic rings. The van der Waals surface area contributed by atoms with E-state index in [1.807, 2.05) is 0 Å². The molecule has 0 bridgehead atoms. The van der Waals surface area contributed by atoms with E-state index in [9.17, 15) is 0 Å². The zero-order chi connectivity index (χ0) is 9.68. The molecule has 2 nitrogen and oxygen atoms in total. The first kappa shape index (κ1) is 10.2. The topological polar surface area (TPSA) is 46.2 Å². The van der Waals surface area contributed by atoms with Crippen LogP contribution in [0.1, 0.15) is 11.1 Å². The van der Waals surface area contributed by atoms with Crippen LogP contribution in [0.2, 0.25) is 0 Å². The summed E-state index contributed by atoms with van der Waals surface area (Å²) in [7, 11) is 0. The largest absolute Gasteiger partial charge is 0.396 e. The minimum Gasteiger partial charge on any atom is -0.396 e. The van der Waals surface area contributed by atoms with Crippen molar-refractivity contribution >= 4 is 0 Å². The number of hydrogen-bond donors (Lipinski definition) is 2. The Labute approximate surface area is 79.4 Å². The highest BCUT2D eigenvalue weighted by molar-refractivity contribution is 5.21. The van der Waals surface area contributed by atoms with E-state index < -0.39 is 0 Å². The second kappa shape index (κ2) is 5.00. The molecule has 0 unspecified atom stereocenters. The summed E-state index contributed by atoms with van der Waals surface area (Å²) < 4.78 is 0. The van der Waals surface area contributed by atoms with Crippen molar-refractivity contribution in [3.05, 3.63) is 35.4 Å². The predicted molar refractivity (Wildman–Crippen MR) is 54.5 cm³/mol. The second-order valence-corrected chi connectivity index (χ2v) is 3.47. The molecule has 0 saturated carbocycles. The third kappa shape index (κ3) is 3.17. The van der Waals surface area contributed by atoms with Crippen LogP contribution in [-0.2, 0) is 6.42 Å². The van der Waals surface area contributed by atoms with Gasteiger partial charge in [0, 0.05) is 6.61 Å². The van der Waals surface area contributed by atoms with E-state index in [0.29, 0.717) is 6.54 Å². The molecule has 0 aliphatic carbocycles. The van der Waals surface area contributed by atoms with Gasteiger partial charge in [0.15, 0.2) is 0 Å². The van der Waals surface area contributed by atoms with Gasteiger partial charge in [-0.2, -0.15) is 0 Å². The fraction of sp³-hybridized carbons (Fsp3) is 0.455. The Balaban J connectivity index is 2.58. The van der Waals surface area contributed by atoms with Crippen molar-refractivity contribution in [1.82, 2.24) is 0 Å². The number of benzene rings is 1. The summed E-state index contributed by atoms with van der Waals surface area (Å²) in [6.45, 7) is 2.78. The highest BCUT2D eigenvalue weighted by Gasteiger charge is 2.05. The van der Waals surface area contributed by atoms with Crippen LogP contribution >= 0.6 is 0 Å². The van der Waals surface area contributed by atoms with Crippen molar-refractivity contribution in [2.24, 2.45) is 11.7 Å². The van der Waals surface area contributed by atoms with Crippen molar-refractivity contribution in [3.63, 3.8) is 0 Å². The summed E-state index contributed by atoms with van der Waals surface area (Å²) in [5, 5.41) is 8.96. The first-order chi connectivity index (χ1) is 6.26. The smallest absolute Gasteiger partial charge is 0.0474 e. The van der Waals surface area contributed by atoms with E-state index in [1.165, 1.54) is 11.1 Å². The molecule has 0 spiro atoms. The average molecular weight is 179 g/mol. The Bertz CT molecular complexity index is 239. The second-order valence-electron chi connectivity index (χ2n) is 3.47. The van der Waals surface area contributed by atoms with Crippen molar-refractivity contribution in [3.8, 4) is 0 Å². The van der Waals surface area contributed by atoms with E-state index in [-0.39, 0.29) is 12.5 Å². The Morgan fingerprint density at radius 1 is 1.31 bits per heavy atom. The molecule has 1 atom stereocenters. The zero-order valence-electron chi connectivity index (χ0n) is 8.03. The van der Waals surface area contributed by atoms with Gasteiger partial charge in [-0.05, 0) is 31.4 Å². The SMILES string of the molecule is Cc1ccc(C[C@H](CN)CO)cc1. The highest BCUT2D eigenvalue weighted by atomic mass is 16.3. The van der Waals surface area contributed by atoms with E-state index in [1.54, 1.807) is 0 Å².